The quantitative estimate of drug-likeness (QED) is 0.624. The monoisotopic (exact) mass is 242 g/mol. The van der Waals surface area contributed by atoms with Crippen LogP contribution in [0.2, 0.25) is 0 Å². The number of halogens is 1. The van der Waals surface area contributed by atoms with Gasteiger partial charge in [0.2, 0.25) is 0 Å². The van der Waals surface area contributed by atoms with Gasteiger partial charge >= 0.3 is 6.03 Å². The van der Waals surface area contributed by atoms with Crippen LogP contribution in [0, 0.1) is 12.7 Å². The molecule has 0 saturated heterocycles. The molecule has 1 aromatic rings. The SMILES string of the molecule is Cc1ccc(NC(=O)NCC(O)CO)c(F)c1. The summed E-state index contributed by atoms with van der Waals surface area (Å²) < 4.78 is 13.3. The molecule has 5 nitrogen and oxygen atoms in total. The minimum atomic E-state index is -1.02. The second-order valence-electron chi connectivity index (χ2n) is 3.65. The van der Waals surface area contributed by atoms with E-state index in [0.717, 1.165) is 5.56 Å². The fourth-order valence-electron chi connectivity index (χ4n) is 1.16. The first-order chi connectivity index (χ1) is 8.02. The van der Waals surface area contributed by atoms with Crippen molar-refractivity contribution in [3.8, 4) is 0 Å². The van der Waals surface area contributed by atoms with E-state index in [-0.39, 0.29) is 12.2 Å². The van der Waals surface area contributed by atoms with Crippen molar-refractivity contribution < 1.29 is 19.4 Å². The van der Waals surface area contributed by atoms with Crippen LogP contribution >= 0.6 is 0 Å². The van der Waals surface area contributed by atoms with Gasteiger partial charge in [0, 0.05) is 6.54 Å². The number of hydrogen-bond donors (Lipinski definition) is 4. The number of carbonyl (C=O) groups excluding carboxylic acids is 1. The van der Waals surface area contributed by atoms with Gasteiger partial charge in [-0.05, 0) is 24.6 Å². The van der Waals surface area contributed by atoms with Gasteiger partial charge in [-0.15, -0.1) is 0 Å². The van der Waals surface area contributed by atoms with Crippen LogP contribution in [0.5, 0.6) is 0 Å². The summed E-state index contributed by atoms with van der Waals surface area (Å²) in [7, 11) is 0. The molecule has 1 rings (SSSR count). The molecule has 6 heteroatoms. The Morgan fingerprint density at radius 1 is 1.53 bits per heavy atom. The summed E-state index contributed by atoms with van der Waals surface area (Å²) in [5.74, 6) is -0.525. The molecular formula is C11H15FN2O3. The number of anilines is 1. The van der Waals surface area contributed by atoms with Crippen molar-refractivity contribution in [2.24, 2.45) is 0 Å². The van der Waals surface area contributed by atoms with Crippen LogP contribution < -0.4 is 10.6 Å². The van der Waals surface area contributed by atoms with Crippen molar-refractivity contribution in [2.45, 2.75) is 13.0 Å². The summed E-state index contributed by atoms with van der Waals surface area (Å²) in [6.45, 7) is 1.19. The standard InChI is InChI=1S/C11H15FN2O3/c1-7-2-3-10(9(12)4-7)14-11(17)13-5-8(16)6-15/h2-4,8,15-16H,5-6H2,1H3,(H2,13,14,17). The third kappa shape index (κ3) is 4.38. The van der Waals surface area contributed by atoms with Crippen molar-refractivity contribution in [2.75, 3.05) is 18.5 Å². The van der Waals surface area contributed by atoms with Gasteiger partial charge in [0.25, 0.3) is 0 Å². The number of nitrogens with one attached hydrogen (secondary N) is 2. The minimum Gasteiger partial charge on any atom is -0.394 e. The predicted molar refractivity (Wildman–Crippen MR) is 61.3 cm³/mol. The molecule has 1 aromatic carbocycles. The van der Waals surface area contributed by atoms with E-state index in [1.54, 1.807) is 13.0 Å². The molecule has 0 heterocycles. The van der Waals surface area contributed by atoms with E-state index in [9.17, 15) is 9.18 Å². The largest absolute Gasteiger partial charge is 0.394 e. The van der Waals surface area contributed by atoms with Gasteiger partial charge in [0.05, 0.1) is 18.4 Å². The van der Waals surface area contributed by atoms with E-state index in [1.165, 1.54) is 12.1 Å². The van der Waals surface area contributed by atoms with Gasteiger partial charge in [-0.3, -0.25) is 0 Å². The maximum absolute atomic E-state index is 13.3. The Morgan fingerprint density at radius 2 is 2.24 bits per heavy atom. The second-order valence-corrected chi connectivity index (χ2v) is 3.65. The Balaban J connectivity index is 2.50. The van der Waals surface area contributed by atoms with Crippen molar-refractivity contribution in [1.82, 2.24) is 5.32 Å². The number of aliphatic hydroxyl groups excluding tert-OH is 2. The molecule has 0 fully saturated rings. The highest BCUT2D eigenvalue weighted by Crippen LogP contribution is 2.14. The highest BCUT2D eigenvalue weighted by Gasteiger charge is 2.08. The number of urea groups is 1. The van der Waals surface area contributed by atoms with Crippen LogP contribution in [0.1, 0.15) is 5.56 Å². The number of hydrogen-bond acceptors (Lipinski definition) is 3. The molecule has 0 bridgehead atoms. The Morgan fingerprint density at radius 3 is 2.82 bits per heavy atom. The zero-order chi connectivity index (χ0) is 12.8. The first-order valence-electron chi connectivity index (χ1n) is 5.13. The fraction of sp³-hybridized carbons (Fsp3) is 0.364. The van der Waals surface area contributed by atoms with Gasteiger partial charge in [0.15, 0.2) is 0 Å². The van der Waals surface area contributed by atoms with E-state index in [1.807, 2.05) is 0 Å². The lowest BCUT2D eigenvalue weighted by Crippen LogP contribution is -2.36. The Hall–Kier alpha value is -1.66. The molecular weight excluding hydrogens is 227 g/mol. The number of benzene rings is 1. The van der Waals surface area contributed by atoms with Crippen molar-refractivity contribution >= 4 is 11.7 Å². The molecule has 0 radical (unpaired) electrons. The molecule has 0 aromatic heterocycles. The fourth-order valence-corrected chi connectivity index (χ4v) is 1.16. The molecule has 17 heavy (non-hydrogen) atoms. The molecule has 0 saturated carbocycles. The average molecular weight is 242 g/mol. The van der Waals surface area contributed by atoms with E-state index in [2.05, 4.69) is 10.6 Å². The molecule has 0 aliphatic heterocycles. The number of aryl methyl sites for hydroxylation is 1. The van der Waals surface area contributed by atoms with Crippen LogP contribution in [0.15, 0.2) is 18.2 Å². The second kappa shape index (κ2) is 6.17. The van der Waals surface area contributed by atoms with Crippen LogP contribution in [0.3, 0.4) is 0 Å². The Bertz CT molecular complexity index is 398. The van der Waals surface area contributed by atoms with Crippen LogP contribution in [-0.4, -0.2) is 35.5 Å². The highest BCUT2D eigenvalue weighted by atomic mass is 19.1. The summed E-state index contributed by atoms with van der Waals surface area (Å²) in [5, 5.41) is 22.1. The smallest absolute Gasteiger partial charge is 0.319 e. The highest BCUT2D eigenvalue weighted by molar-refractivity contribution is 5.89. The summed E-state index contributed by atoms with van der Waals surface area (Å²) in [4.78, 5) is 11.3. The van der Waals surface area contributed by atoms with E-state index < -0.39 is 24.6 Å². The number of amides is 2. The normalized spacial score (nSPS) is 12.0. The number of aliphatic hydroxyl groups is 2. The predicted octanol–water partition coefficient (Wildman–Crippen LogP) is 0.609. The van der Waals surface area contributed by atoms with Gasteiger partial charge in [-0.1, -0.05) is 6.07 Å². The maximum Gasteiger partial charge on any atom is 0.319 e. The van der Waals surface area contributed by atoms with Crippen LogP contribution in [-0.2, 0) is 0 Å². The molecule has 0 aliphatic carbocycles. The topological polar surface area (TPSA) is 81.6 Å². The average Bonchev–Trinajstić information content (AvgIpc) is 2.29. The molecule has 94 valence electrons. The molecule has 0 spiro atoms. The van der Waals surface area contributed by atoms with E-state index in [4.69, 9.17) is 10.2 Å². The Labute approximate surface area is 98.3 Å². The van der Waals surface area contributed by atoms with Gasteiger partial charge in [0.1, 0.15) is 5.82 Å². The van der Waals surface area contributed by atoms with Crippen molar-refractivity contribution in [1.29, 1.82) is 0 Å². The zero-order valence-corrected chi connectivity index (χ0v) is 9.40. The lowest BCUT2D eigenvalue weighted by atomic mass is 10.2. The lowest BCUT2D eigenvalue weighted by molar-refractivity contribution is 0.0965. The molecule has 0 aliphatic rings. The van der Waals surface area contributed by atoms with Crippen LogP contribution in [0.4, 0.5) is 14.9 Å². The third-order valence-corrected chi connectivity index (χ3v) is 2.08. The molecule has 4 N–H and O–H groups in total. The first-order valence-corrected chi connectivity index (χ1v) is 5.13. The molecule has 1 unspecified atom stereocenters. The maximum atomic E-state index is 13.3. The first kappa shape index (κ1) is 13.4. The summed E-state index contributed by atoms with van der Waals surface area (Å²) >= 11 is 0. The number of carbonyl (C=O) groups is 1. The van der Waals surface area contributed by atoms with E-state index >= 15 is 0 Å². The van der Waals surface area contributed by atoms with Crippen molar-refractivity contribution in [3.05, 3.63) is 29.6 Å². The molecule has 1 atom stereocenters. The summed E-state index contributed by atoms with van der Waals surface area (Å²) in [6, 6.07) is 3.78. The summed E-state index contributed by atoms with van der Waals surface area (Å²) in [6.07, 6.45) is -1.02. The van der Waals surface area contributed by atoms with Gasteiger partial charge in [-0.2, -0.15) is 0 Å². The Kier molecular flexibility index (Phi) is 4.86. The molecule has 2 amide bonds. The summed E-state index contributed by atoms with van der Waals surface area (Å²) in [5.41, 5.74) is 0.816. The van der Waals surface area contributed by atoms with Gasteiger partial charge < -0.3 is 20.8 Å². The zero-order valence-electron chi connectivity index (χ0n) is 9.40. The van der Waals surface area contributed by atoms with Crippen LogP contribution in [0.25, 0.3) is 0 Å². The third-order valence-electron chi connectivity index (χ3n) is 2.08. The van der Waals surface area contributed by atoms with Gasteiger partial charge in [-0.25, -0.2) is 9.18 Å². The minimum absolute atomic E-state index is 0.0617. The van der Waals surface area contributed by atoms with Crippen molar-refractivity contribution in [3.63, 3.8) is 0 Å². The number of rotatable bonds is 4. The lowest BCUT2D eigenvalue weighted by Gasteiger charge is -2.11. The van der Waals surface area contributed by atoms with E-state index in [0.29, 0.717) is 0 Å².